The highest BCUT2D eigenvalue weighted by molar-refractivity contribution is 5.11. The predicted molar refractivity (Wildman–Crippen MR) is 56.5 cm³/mol. The summed E-state index contributed by atoms with van der Waals surface area (Å²) in [5, 5.41) is 8.56. The second kappa shape index (κ2) is 6.63. The van der Waals surface area contributed by atoms with Gasteiger partial charge in [-0.1, -0.05) is 35.9 Å². The van der Waals surface area contributed by atoms with Crippen LogP contribution in [-0.2, 0) is 0 Å². The van der Waals surface area contributed by atoms with Gasteiger partial charge >= 0.3 is 0 Å². The molecule has 2 heteroatoms. The van der Waals surface area contributed by atoms with Crippen molar-refractivity contribution in [2.45, 2.75) is 20.1 Å². The third kappa shape index (κ3) is 7.50. The van der Waals surface area contributed by atoms with Gasteiger partial charge in [0, 0.05) is 0 Å². The van der Waals surface area contributed by atoms with Crippen LogP contribution in [0.15, 0.2) is 30.3 Å². The first kappa shape index (κ1) is 12.1. The van der Waals surface area contributed by atoms with Gasteiger partial charge in [-0.2, -0.15) is 0 Å². The van der Waals surface area contributed by atoms with Crippen molar-refractivity contribution < 1.29 is 5.11 Å². The Labute approximate surface area is 80.8 Å². The predicted octanol–water partition coefficient (Wildman–Crippen LogP) is 1.88. The number of aliphatic hydroxyl groups excluding tert-OH is 1. The first-order chi connectivity index (χ1) is 6.04. The number of rotatable bonds is 1. The van der Waals surface area contributed by atoms with E-state index >= 15 is 0 Å². The van der Waals surface area contributed by atoms with E-state index in [1.807, 2.05) is 32.3 Å². The lowest BCUT2D eigenvalue weighted by Crippen LogP contribution is -2.23. The fourth-order valence-corrected chi connectivity index (χ4v) is 0.534. The molecule has 13 heavy (non-hydrogen) atoms. The van der Waals surface area contributed by atoms with Crippen LogP contribution in [0.4, 0.5) is 0 Å². The van der Waals surface area contributed by atoms with E-state index in [0.29, 0.717) is 0 Å². The maximum Gasteiger partial charge on any atom is 0.104 e. The number of hydrogen-bond donors (Lipinski definition) is 1. The van der Waals surface area contributed by atoms with Crippen LogP contribution in [0.1, 0.15) is 12.5 Å². The largest absolute Gasteiger partial charge is 0.379 e. The van der Waals surface area contributed by atoms with E-state index in [1.54, 1.807) is 11.8 Å². The van der Waals surface area contributed by atoms with E-state index in [4.69, 9.17) is 5.11 Å². The Bertz CT molecular complexity index is 201. The van der Waals surface area contributed by atoms with E-state index in [9.17, 15) is 0 Å². The van der Waals surface area contributed by atoms with Crippen LogP contribution in [0.3, 0.4) is 0 Å². The van der Waals surface area contributed by atoms with Crippen molar-refractivity contribution in [3.63, 3.8) is 0 Å². The van der Waals surface area contributed by atoms with Crippen LogP contribution in [0.5, 0.6) is 0 Å². The summed E-state index contributed by atoms with van der Waals surface area (Å²) in [6, 6.07) is 10.3. The summed E-state index contributed by atoms with van der Waals surface area (Å²) >= 11 is 0. The molecule has 74 valence electrons. The molecule has 1 N–H and O–H groups in total. The van der Waals surface area contributed by atoms with Gasteiger partial charge in [-0.05, 0) is 27.9 Å². The molecule has 0 aliphatic heterocycles. The Morgan fingerprint density at radius 2 is 1.54 bits per heavy atom. The van der Waals surface area contributed by atoms with Crippen LogP contribution in [0.2, 0.25) is 0 Å². The lowest BCUT2D eigenvalue weighted by molar-refractivity contribution is 0.0578. The summed E-state index contributed by atoms with van der Waals surface area (Å²) in [6.07, 6.45) is -0.315. The molecule has 2 nitrogen and oxygen atoms in total. The SMILES string of the molecule is CC(O)N(C)C.Cc1ccccc1. The summed E-state index contributed by atoms with van der Waals surface area (Å²) in [5.41, 5.74) is 1.32. The van der Waals surface area contributed by atoms with Crippen LogP contribution in [0.25, 0.3) is 0 Å². The monoisotopic (exact) mass is 181 g/mol. The van der Waals surface area contributed by atoms with Crippen molar-refractivity contribution in [1.29, 1.82) is 0 Å². The van der Waals surface area contributed by atoms with E-state index in [2.05, 4.69) is 19.1 Å². The molecule has 0 saturated heterocycles. The summed E-state index contributed by atoms with van der Waals surface area (Å²) in [7, 11) is 3.65. The average molecular weight is 181 g/mol. The minimum absolute atomic E-state index is 0.315. The minimum atomic E-state index is -0.315. The van der Waals surface area contributed by atoms with Crippen molar-refractivity contribution in [3.05, 3.63) is 35.9 Å². The van der Waals surface area contributed by atoms with Crippen LogP contribution < -0.4 is 0 Å². The quantitative estimate of drug-likeness (QED) is 0.669. The molecule has 0 amide bonds. The molecule has 1 aromatic rings. The normalized spacial score (nSPS) is 11.8. The molecule has 1 aromatic carbocycles. The second-order valence-electron chi connectivity index (χ2n) is 3.25. The lowest BCUT2D eigenvalue weighted by atomic mass is 10.2. The maximum atomic E-state index is 8.56. The molecule has 1 atom stereocenters. The molecule has 0 aliphatic rings. The van der Waals surface area contributed by atoms with E-state index in [1.165, 1.54) is 5.56 Å². The zero-order valence-electron chi connectivity index (χ0n) is 8.86. The van der Waals surface area contributed by atoms with E-state index in [-0.39, 0.29) is 6.23 Å². The van der Waals surface area contributed by atoms with Gasteiger partial charge in [-0.25, -0.2) is 0 Å². The van der Waals surface area contributed by atoms with E-state index in [0.717, 1.165) is 0 Å². The second-order valence-corrected chi connectivity index (χ2v) is 3.25. The summed E-state index contributed by atoms with van der Waals surface area (Å²) < 4.78 is 0. The van der Waals surface area contributed by atoms with Gasteiger partial charge in [0.15, 0.2) is 0 Å². The molecule has 0 spiro atoms. The van der Waals surface area contributed by atoms with E-state index < -0.39 is 0 Å². The molecular formula is C11H19NO. The molecule has 0 saturated carbocycles. The van der Waals surface area contributed by atoms with Crippen molar-refractivity contribution in [3.8, 4) is 0 Å². The highest BCUT2D eigenvalue weighted by Crippen LogP contribution is 1.92. The minimum Gasteiger partial charge on any atom is -0.379 e. The zero-order valence-corrected chi connectivity index (χ0v) is 8.86. The first-order valence-corrected chi connectivity index (χ1v) is 4.40. The molecular weight excluding hydrogens is 162 g/mol. The Morgan fingerprint density at radius 1 is 1.15 bits per heavy atom. The first-order valence-electron chi connectivity index (χ1n) is 4.40. The van der Waals surface area contributed by atoms with Gasteiger partial charge in [0.2, 0.25) is 0 Å². The molecule has 0 heterocycles. The third-order valence-electron chi connectivity index (χ3n) is 1.69. The van der Waals surface area contributed by atoms with Gasteiger partial charge in [-0.15, -0.1) is 0 Å². The Morgan fingerprint density at radius 3 is 1.69 bits per heavy atom. The number of aliphatic hydroxyl groups is 1. The smallest absolute Gasteiger partial charge is 0.104 e. The molecule has 0 aliphatic carbocycles. The highest BCUT2D eigenvalue weighted by Gasteiger charge is 1.92. The Balaban J connectivity index is 0.000000226. The van der Waals surface area contributed by atoms with Crippen LogP contribution in [-0.4, -0.2) is 30.3 Å². The summed E-state index contributed by atoms with van der Waals surface area (Å²) in [6.45, 7) is 3.81. The summed E-state index contributed by atoms with van der Waals surface area (Å²) in [5.74, 6) is 0. The fourth-order valence-electron chi connectivity index (χ4n) is 0.534. The topological polar surface area (TPSA) is 23.5 Å². The van der Waals surface area contributed by atoms with Crippen molar-refractivity contribution in [1.82, 2.24) is 4.90 Å². The zero-order chi connectivity index (χ0) is 10.3. The Kier molecular flexibility index (Phi) is 6.20. The Hall–Kier alpha value is -0.860. The number of nitrogens with zero attached hydrogens (tertiary/aromatic N) is 1. The fraction of sp³-hybridized carbons (Fsp3) is 0.455. The van der Waals surface area contributed by atoms with Crippen molar-refractivity contribution >= 4 is 0 Å². The number of hydrogen-bond acceptors (Lipinski definition) is 2. The average Bonchev–Trinajstić information content (AvgIpc) is 2.06. The third-order valence-corrected chi connectivity index (χ3v) is 1.69. The molecule has 0 bridgehead atoms. The van der Waals surface area contributed by atoms with Gasteiger partial charge in [0.05, 0.1) is 0 Å². The van der Waals surface area contributed by atoms with Crippen LogP contribution >= 0.6 is 0 Å². The molecule has 0 fully saturated rings. The lowest BCUT2D eigenvalue weighted by Gasteiger charge is -2.11. The molecule has 0 radical (unpaired) electrons. The van der Waals surface area contributed by atoms with Crippen LogP contribution in [0, 0.1) is 6.92 Å². The van der Waals surface area contributed by atoms with Crippen molar-refractivity contribution in [2.24, 2.45) is 0 Å². The number of aryl methyl sites for hydroxylation is 1. The van der Waals surface area contributed by atoms with Gasteiger partial charge in [0.1, 0.15) is 6.23 Å². The molecule has 1 rings (SSSR count). The van der Waals surface area contributed by atoms with Gasteiger partial charge in [0.25, 0.3) is 0 Å². The number of benzene rings is 1. The van der Waals surface area contributed by atoms with Gasteiger partial charge in [-0.3, -0.25) is 4.90 Å². The molecule has 0 aromatic heterocycles. The maximum absolute atomic E-state index is 8.56. The summed E-state index contributed by atoms with van der Waals surface area (Å²) in [4.78, 5) is 1.72. The van der Waals surface area contributed by atoms with Gasteiger partial charge < -0.3 is 5.11 Å². The standard InChI is InChI=1S/C7H8.C4H11NO/c1-7-5-3-2-4-6-7;1-4(6)5(2)3/h2-6H,1H3;4,6H,1-3H3. The molecule has 1 unspecified atom stereocenters. The van der Waals surface area contributed by atoms with Crippen molar-refractivity contribution in [2.75, 3.05) is 14.1 Å². The highest BCUT2D eigenvalue weighted by atomic mass is 16.3.